The lowest BCUT2D eigenvalue weighted by Crippen LogP contribution is -2.37. The number of anilines is 2. The van der Waals surface area contributed by atoms with Crippen LogP contribution >= 0.6 is 24.0 Å². The summed E-state index contributed by atoms with van der Waals surface area (Å²) in [5.41, 5.74) is 0.210. The van der Waals surface area contributed by atoms with E-state index in [9.17, 15) is 18.0 Å². The zero-order valence-electron chi connectivity index (χ0n) is 17.0. The maximum atomic E-state index is 13.6. The summed E-state index contributed by atoms with van der Waals surface area (Å²) in [4.78, 5) is 16.0. The third kappa shape index (κ3) is 8.61. The number of aliphatic imine (C=N–C) groups is 1. The normalized spacial score (nSPS) is 10.8. The van der Waals surface area contributed by atoms with Crippen molar-refractivity contribution in [2.24, 2.45) is 4.99 Å². The third-order valence-corrected chi connectivity index (χ3v) is 3.81. The molecule has 170 valence electrons. The zero-order chi connectivity index (χ0) is 21.9. The van der Waals surface area contributed by atoms with Crippen molar-refractivity contribution in [2.45, 2.75) is 6.42 Å². The first kappa shape index (κ1) is 26.5. The van der Waals surface area contributed by atoms with Crippen molar-refractivity contribution in [1.29, 1.82) is 0 Å². The number of halogens is 4. The van der Waals surface area contributed by atoms with Crippen LogP contribution in [0, 0.1) is 17.5 Å². The number of methoxy groups -OCH3 is 1. The minimum atomic E-state index is -1.65. The molecule has 0 aliphatic heterocycles. The molecule has 0 atom stereocenters. The standard InChI is InChI=1S/C20H23F3N4O3.HI/c1-24-20(26-13-5-3-6-14(11-13)30-10-4-9-29-2)25-12-17(28)27-16-8-7-15(21)18(22)19(16)23;/h3,5-8,11H,4,9-10,12H2,1-2H3,(H,27,28)(H2,24,25,26);1H. The molecule has 0 fully saturated rings. The van der Waals surface area contributed by atoms with Crippen molar-refractivity contribution < 1.29 is 27.4 Å². The molecule has 0 saturated heterocycles. The van der Waals surface area contributed by atoms with Gasteiger partial charge in [0.25, 0.3) is 0 Å². The Morgan fingerprint density at radius 2 is 1.84 bits per heavy atom. The lowest BCUT2D eigenvalue weighted by atomic mass is 10.2. The average Bonchev–Trinajstić information content (AvgIpc) is 2.75. The SMILES string of the molecule is CN=C(NCC(=O)Nc1ccc(F)c(F)c1F)Nc1cccc(OCCCOC)c1.I. The molecular formula is C20H24F3IN4O3. The Morgan fingerprint density at radius 3 is 2.55 bits per heavy atom. The van der Waals surface area contributed by atoms with Gasteiger partial charge in [-0.1, -0.05) is 6.07 Å². The van der Waals surface area contributed by atoms with E-state index in [1.54, 1.807) is 31.4 Å². The molecule has 0 unspecified atom stereocenters. The van der Waals surface area contributed by atoms with E-state index in [2.05, 4.69) is 20.9 Å². The van der Waals surface area contributed by atoms with Gasteiger partial charge in [0.2, 0.25) is 5.91 Å². The summed E-state index contributed by atoms with van der Waals surface area (Å²) in [6, 6.07) is 8.81. The van der Waals surface area contributed by atoms with Crippen molar-refractivity contribution in [3.63, 3.8) is 0 Å². The number of benzene rings is 2. The first-order valence-corrected chi connectivity index (χ1v) is 9.07. The average molecular weight is 552 g/mol. The van der Waals surface area contributed by atoms with Gasteiger partial charge in [0.15, 0.2) is 23.4 Å². The molecule has 0 aliphatic rings. The maximum absolute atomic E-state index is 13.6. The number of carbonyl (C=O) groups excluding carboxylic acids is 1. The van der Waals surface area contributed by atoms with E-state index in [1.807, 2.05) is 0 Å². The lowest BCUT2D eigenvalue weighted by molar-refractivity contribution is -0.115. The predicted octanol–water partition coefficient (Wildman–Crippen LogP) is 3.76. The van der Waals surface area contributed by atoms with Crippen LogP contribution in [0.5, 0.6) is 5.75 Å². The molecule has 7 nitrogen and oxygen atoms in total. The second-order valence-corrected chi connectivity index (χ2v) is 6.04. The molecule has 0 bridgehead atoms. The molecule has 0 spiro atoms. The number of rotatable bonds is 9. The maximum Gasteiger partial charge on any atom is 0.243 e. The van der Waals surface area contributed by atoms with Crippen LogP contribution in [-0.4, -0.2) is 45.8 Å². The molecule has 3 N–H and O–H groups in total. The van der Waals surface area contributed by atoms with E-state index in [0.717, 1.165) is 18.6 Å². The molecule has 2 aromatic carbocycles. The van der Waals surface area contributed by atoms with E-state index in [4.69, 9.17) is 9.47 Å². The monoisotopic (exact) mass is 552 g/mol. The second kappa shape index (κ2) is 13.7. The highest BCUT2D eigenvalue weighted by molar-refractivity contribution is 14.0. The zero-order valence-corrected chi connectivity index (χ0v) is 19.3. The minimum Gasteiger partial charge on any atom is -0.493 e. The third-order valence-electron chi connectivity index (χ3n) is 3.81. The van der Waals surface area contributed by atoms with Crippen molar-refractivity contribution >= 4 is 47.2 Å². The summed E-state index contributed by atoms with van der Waals surface area (Å²) >= 11 is 0. The van der Waals surface area contributed by atoms with Gasteiger partial charge in [-0.25, -0.2) is 13.2 Å². The molecule has 0 heterocycles. The second-order valence-electron chi connectivity index (χ2n) is 6.04. The molecule has 31 heavy (non-hydrogen) atoms. The Kier molecular flexibility index (Phi) is 11.7. The number of hydrogen-bond acceptors (Lipinski definition) is 4. The van der Waals surface area contributed by atoms with Crippen LogP contribution in [0.4, 0.5) is 24.5 Å². The van der Waals surface area contributed by atoms with Gasteiger partial charge in [-0.15, -0.1) is 24.0 Å². The van der Waals surface area contributed by atoms with Crippen molar-refractivity contribution in [2.75, 3.05) is 44.5 Å². The van der Waals surface area contributed by atoms with Crippen molar-refractivity contribution in [3.05, 3.63) is 53.8 Å². The van der Waals surface area contributed by atoms with Crippen LogP contribution in [0.1, 0.15) is 6.42 Å². The highest BCUT2D eigenvalue weighted by Gasteiger charge is 2.15. The fraction of sp³-hybridized carbons (Fsp3) is 0.300. The van der Waals surface area contributed by atoms with E-state index in [0.29, 0.717) is 24.7 Å². The Morgan fingerprint density at radius 1 is 1.06 bits per heavy atom. The van der Waals surface area contributed by atoms with Crippen LogP contribution in [0.25, 0.3) is 0 Å². The van der Waals surface area contributed by atoms with Gasteiger partial charge in [-0.2, -0.15) is 0 Å². The molecule has 2 aromatic rings. The quantitative estimate of drug-likeness (QED) is 0.145. The minimum absolute atomic E-state index is 0. The molecule has 11 heteroatoms. The van der Waals surface area contributed by atoms with Crippen LogP contribution in [0.2, 0.25) is 0 Å². The number of guanidine groups is 1. The first-order chi connectivity index (χ1) is 14.4. The summed E-state index contributed by atoms with van der Waals surface area (Å²) < 4.78 is 50.4. The molecule has 1 amide bonds. The smallest absolute Gasteiger partial charge is 0.243 e. The largest absolute Gasteiger partial charge is 0.493 e. The van der Waals surface area contributed by atoms with Gasteiger partial charge in [-0.05, 0) is 24.3 Å². The van der Waals surface area contributed by atoms with E-state index < -0.39 is 29.0 Å². The number of carbonyl (C=O) groups is 1. The summed E-state index contributed by atoms with van der Waals surface area (Å²) in [7, 11) is 3.13. The number of ether oxygens (including phenoxy) is 2. The van der Waals surface area contributed by atoms with Crippen LogP contribution in [0.15, 0.2) is 41.4 Å². The highest BCUT2D eigenvalue weighted by atomic mass is 127. The van der Waals surface area contributed by atoms with Crippen molar-refractivity contribution in [1.82, 2.24) is 5.32 Å². The van der Waals surface area contributed by atoms with Gasteiger partial charge in [0, 0.05) is 38.9 Å². The topological polar surface area (TPSA) is 84.0 Å². The highest BCUT2D eigenvalue weighted by Crippen LogP contribution is 2.19. The lowest BCUT2D eigenvalue weighted by Gasteiger charge is -2.13. The molecular weight excluding hydrogens is 528 g/mol. The fourth-order valence-electron chi connectivity index (χ4n) is 2.35. The van der Waals surface area contributed by atoms with Gasteiger partial charge in [0.1, 0.15) is 5.75 Å². The van der Waals surface area contributed by atoms with E-state index in [1.165, 1.54) is 7.05 Å². The van der Waals surface area contributed by atoms with E-state index >= 15 is 0 Å². The van der Waals surface area contributed by atoms with Crippen LogP contribution in [0.3, 0.4) is 0 Å². The van der Waals surface area contributed by atoms with Gasteiger partial charge >= 0.3 is 0 Å². The summed E-state index contributed by atoms with van der Waals surface area (Å²) in [5, 5.41) is 7.90. The molecule has 0 aliphatic carbocycles. The van der Waals surface area contributed by atoms with Crippen LogP contribution < -0.4 is 20.7 Å². The number of hydrogen-bond donors (Lipinski definition) is 3. The predicted molar refractivity (Wildman–Crippen MR) is 124 cm³/mol. The van der Waals surface area contributed by atoms with Gasteiger partial charge in [-0.3, -0.25) is 9.79 Å². The summed E-state index contributed by atoms with van der Waals surface area (Å²) in [5.74, 6) is -4.20. The molecule has 0 radical (unpaired) electrons. The Bertz CT molecular complexity index is 900. The Balaban J connectivity index is 0.00000480. The summed E-state index contributed by atoms with van der Waals surface area (Å²) in [6.45, 7) is 0.821. The fourth-order valence-corrected chi connectivity index (χ4v) is 2.35. The van der Waals surface area contributed by atoms with Gasteiger partial charge in [0.05, 0.1) is 18.8 Å². The van der Waals surface area contributed by atoms with E-state index in [-0.39, 0.29) is 36.5 Å². The first-order valence-electron chi connectivity index (χ1n) is 9.07. The Hall–Kier alpha value is -2.54. The van der Waals surface area contributed by atoms with Crippen LogP contribution in [-0.2, 0) is 9.53 Å². The number of nitrogens with one attached hydrogen (secondary N) is 3. The van der Waals surface area contributed by atoms with Gasteiger partial charge < -0.3 is 25.4 Å². The number of nitrogens with zero attached hydrogens (tertiary/aromatic N) is 1. The molecule has 0 aromatic heterocycles. The molecule has 2 rings (SSSR count). The summed E-state index contributed by atoms with van der Waals surface area (Å²) in [6.07, 6.45) is 0.755. The number of amides is 1. The van der Waals surface area contributed by atoms with Crippen molar-refractivity contribution in [3.8, 4) is 5.75 Å². The Labute approximate surface area is 195 Å². The molecule has 0 saturated carbocycles.